The van der Waals surface area contributed by atoms with E-state index in [0.717, 1.165) is 18.4 Å². The first-order chi connectivity index (χ1) is 8.74. The first-order valence-electron chi connectivity index (χ1n) is 6.34. The second kappa shape index (κ2) is 6.19. The standard InChI is InChI=1S/C14H18N2O2/c17-13(9-6-11-4-2-1-3-5-11)15-10-14(18)16-12-7-8-12/h1-5,12H,6-10H2,(H,15,17)(H,16,18). The lowest BCUT2D eigenvalue weighted by molar-refractivity contribution is -0.126. The quantitative estimate of drug-likeness (QED) is 0.787. The van der Waals surface area contributed by atoms with Gasteiger partial charge in [0.1, 0.15) is 0 Å². The molecule has 1 aliphatic carbocycles. The molecular weight excluding hydrogens is 228 g/mol. The Labute approximate surface area is 107 Å². The molecule has 0 aliphatic heterocycles. The molecule has 2 amide bonds. The zero-order valence-electron chi connectivity index (χ0n) is 10.3. The van der Waals surface area contributed by atoms with Crippen LogP contribution in [0.25, 0.3) is 0 Å². The van der Waals surface area contributed by atoms with E-state index in [-0.39, 0.29) is 18.4 Å². The average Bonchev–Trinajstić information content (AvgIpc) is 3.19. The van der Waals surface area contributed by atoms with Crippen LogP contribution in [-0.2, 0) is 16.0 Å². The molecule has 0 bridgehead atoms. The van der Waals surface area contributed by atoms with Gasteiger partial charge >= 0.3 is 0 Å². The van der Waals surface area contributed by atoms with Crippen LogP contribution in [0.5, 0.6) is 0 Å². The van der Waals surface area contributed by atoms with Crippen LogP contribution >= 0.6 is 0 Å². The molecule has 0 saturated heterocycles. The van der Waals surface area contributed by atoms with Gasteiger partial charge in [-0.2, -0.15) is 0 Å². The molecule has 1 aromatic carbocycles. The van der Waals surface area contributed by atoms with Gasteiger partial charge in [-0.25, -0.2) is 0 Å². The molecule has 1 aliphatic rings. The molecule has 4 heteroatoms. The number of nitrogens with one attached hydrogen (secondary N) is 2. The number of amides is 2. The van der Waals surface area contributed by atoms with Crippen LogP contribution in [0.2, 0.25) is 0 Å². The van der Waals surface area contributed by atoms with Gasteiger partial charge in [0.05, 0.1) is 6.54 Å². The highest BCUT2D eigenvalue weighted by Crippen LogP contribution is 2.18. The summed E-state index contributed by atoms with van der Waals surface area (Å²) in [5.41, 5.74) is 1.13. The number of carbonyl (C=O) groups excluding carboxylic acids is 2. The molecule has 0 unspecified atom stereocenters. The Morgan fingerprint density at radius 3 is 2.50 bits per heavy atom. The first kappa shape index (κ1) is 12.6. The van der Waals surface area contributed by atoms with Crippen molar-refractivity contribution >= 4 is 11.8 Å². The van der Waals surface area contributed by atoms with Crippen molar-refractivity contribution in [2.45, 2.75) is 31.7 Å². The third-order valence-electron chi connectivity index (χ3n) is 2.87. The summed E-state index contributed by atoms with van der Waals surface area (Å²) in [6.07, 6.45) is 3.25. The van der Waals surface area contributed by atoms with Crippen molar-refractivity contribution < 1.29 is 9.59 Å². The van der Waals surface area contributed by atoms with Crippen LogP contribution in [0.1, 0.15) is 24.8 Å². The van der Waals surface area contributed by atoms with Crippen LogP contribution in [0, 0.1) is 0 Å². The van der Waals surface area contributed by atoms with Crippen molar-refractivity contribution in [2.24, 2.45) is 0 Å². The molecule has 1 fully saturated rings. The topological polar surface area (TPSA) is 58.2 Å². The Kier molecular flexibility index (Phi) is 4.34. The molecule has 2 N–H and O–H groups in total. The molecule has 0 spiro atoms. The van der Waals surface area contributed by atoms with E-state index in [4.69, 9.17) is 0 Å². The third kappa shape index (κ3) is 4.57. The molecule has 1 saturated carbocycles. The van der Waals surface area contributed by atoms with E-state index in [0.29, 0.717) is 18.9 Å². The monoisotopic (exact) mass is 246 g/mol. The lowest BCUT2D eigenvalue weighted by atomic mass is 10.1. The molecule has 0 radical (unpaired) electrons. The van der Waals surface area contributed by atoms with Gasteiger partial charge in [-0.1, -0.05) is 30.3 Å². The van der Waals surface area contributed by atoms with E-state index in [1.54, 1.807) is 0 Å². The maximum absolute atomic E-state index is 11.5. The SMILES string of the molecule is O=C(CCc1ccccc1)NCC(=O)NC1CC1. The van der Waals surface area contributed by atoms with E-state index in [2.05, 4.69) is 10.6 Å². The fourth-order valence-corrected chi connectivity index (χ4v) is 1.68. The highest BCUT2D eigenvalue weighted by Gasteiger charge is 2.22. The summed E-state index contributed by atoms with van der Waals surface area (Å²) < 4.78 is 0. The minimum atomic E-state index is -0.0921. The van der Waals surface area contributed by atoms with Gasteiger partial charge in [-0.05, 0) is 24.8 Å². The van der Waals surface area contributed by atoms with Gasteiger partial charge < -0.3 is 10.6 Å². The van der Waals surface area contributed by atoms with Crippen molar-refractivity contribution in [3.63, 3.8) is 0 Å². The van der Waals surface area contributed by atoms with Crippen LogP contribution in [0.4, 0.5) is 0 Å². The van der Waals surface area contributed by atoms with E-state index in [9.17, 15) is 9.59 Å². The van der Waals surface area contributed by atoms with Crippen molar-refractivity contribution in [1.82, 2.24) is 10.6 Å². The zero-order chi connectivity index (χ0) is 12.8. The van der Waals surface area contributed by atoms with Crippen molar-refractivity contribution in [1.29, 1.82) is 0 Å². The molecule has 96 valence electrons. The Hall–Kier alpha value is -1.84. The maximum atomic E-state index is 11.5. The number of hydrogen-bond acceptors (Lipinski definition) is 2. The van der Waals surface area contributed by atoms with Gasteiger partial charge in [-0.3, -0.25) is 9.59 Å². The molecule has 0 atom stereocenters. The summed E-state index contributed by atoms with van der Waals surface area (Å²) in [5, 5.41) is 5.46. The van der Waals surface area contributed by atoms with Crippen LogP contribution in [0.3, 0.4) is 0 Å². The Morgan fingerprint density at radius 1 is 1.11 bits per heavy atom. The summed E-state index contributed by atoms with van der Waals surface area (Å²) in [5.74, 6) is -0.171. The number of aryl methyl sites for hydroxylation is 1. The Balaban J connectivity index is 1.61. The normalized spacial score (nSPS) is 14.0. The Morgan fingerprint density at radius 2 is 1.83 bits per heavy atom. The van der Waals surface area contributed by atoms with Crippen molar-refractivity contribution in [3.8, 4) is 0 Å². The molecule has 18 heavy (non-hydrogen) atoms. The Bertz CT molecular complexity index is 413. The fraction of sp³-hybridized carbons (Fsp3) is 0.429. The zero-order valence-corrected chi connectivity index (χ0v) is 10.3. The van der Waals surface area contributed by atoms with E-state index in [1.165, 1.54) is 0 Å². The largest absolute Gasteiger partial charge is 0.352 e. The number of rotatable bonds is 6. The summed E-state index contributed by atoms with van der Waals surface area (Å²) >= 11 is 0. The molecule has 2 rings (SSSR count). The smallest absolute Gasteiger partial charge is 0.239 e. The molecular formula is C14H18N2O2. The molecule has 1 aromatic rings. The minimum Gasteiger partial charge on any atom is -0.352 e. The highest BCUT2D eigenvalue weighted by atomic mass is 16.2. The van der Waals surface area contributed by atoms with Gasteiger partial charge in [0, 0.05) is 12.5 Å². The van der Waals surface area contributed by atoms with E-state index in [1.807, 2.05) is 30.3 Å². The second-order valence-electron chi connectivity index (χ2n) is 4.60. The first-order valence-corrected chi connectivity index (χ1v) is 6.34. The van der Waals surface area contributed by atoms with E-state index < -0.39 is 0 Å². The van der Waals surface area contributed by atoms with Crippen LogP contribution in [0.15, 0.2) is 30.3 Å². The van der Waals surface area contributed by atoms with Gasteiger partial charge in [0.2, 0.25) is 11.8 Å². The van der Waals surface area contributed by atoms with Crippen molar-refractivity contribution in [2.75, 3.05) is 6.54 Å². The van der Waals surface area contributed by atoms with Gasteiger partial charge in [0.15, 0.2) is 0 Å². The maximum Gasteiger partial charge on any atom is 0.239 e. The minimum absolute atomic E-state index is 0.0789. The fourth-order valence-electron chi connectivity index (χ4n) is 1.68. The van der Waals surface area contributed by atoms with Crippen molar-refractivity contribution in [3.05, 3.63) is 35.9 Å². The average molecular weight is 246 g/mol. The number of hydrogen-bond donors (Lipinski definition) is 2. The molecule has 0 heterocycles. The summed E-state index contributed by atoms with van der Waals surface area (Å²) in [7, 11) is 0. The summed E-state index contributed by atoms with van der Waals surface area (Å²) in [6, 6.07) is 10.2. The predicted octanol–water partition coefficient (Wildman–Crippen LogP) is 1.01. The van der Waals surface area contributed by atoms with Crippen LogP contribution < -0.4 is 10.6 Å². The van der Waals surface area contributed by atoms with Gasteiger partial charge in [-0.15, -0.1) is 0 Å². The number of benzene rings is 1. The van der Waals surface area contributed by atoms with Gasteiger partial charge in [0.25, 0.3) is 0 Å². The molecule has 4 nitrogen and oxygen atoms in total. The second-order valence-corrected chi connectivity index (χ2v) is 4.60. The lowest BCUT2D eigenvalue weighted by Gasteiger charge is -2.06. The van der Waals surface area contributed by atoms with Crippen LogP contribution in [-0.4, -0.2) is 24.4 Å². The summed E-state index contributed by atoms with van der Waals surface area (Å²) in [4.78, 5) is 22.9. The highest BCUT2D eigenvalue weighted by molar-refractivity contribution is 5.85. The lowest BCUT2D eigenvalue weighted by Crippen LogP contribution is -2.37. The predicted molar refractivity (Wildman–Crippen MR) is 68.9 cm³/mol. The van der Waals surface area contributed by atoms with E-state index >= 15 is 0 Å². The molecule has 0 aromatic heterocycles. The number of carbonyl (C=O) groups is 2. The summed E-state index contributed by atoms with van der Waals surface area (Å²) in [6.45, 7) is 0.0874. The third-order valence-corrected chi connectivity index (χ3v) is 2.87.